The Morgan fingerprint density at radius 1 is 0.931 bits per heavy atom. The van der Waals surface area contributed by atoms with Crippen LogP contribution in [0.3, 0.4) is 0 Å². The first-order valence-corrected chi connectivity index (χ1v) is 9.34. The first kappa shape index (κ1) is 18.9. The molecule has 0 aromatic heterocycles. The van der Waals surface area contributed by atoms with Gasteiger partial charge in [-0.3, -0.25) is 9.59 Å². The Balaban J connectivity index is 1.58. The zero-order valence-corrected chi connectivity index (χ0v) is 15.8. The first-order chi connectivity index (χ1) is 13.9. The van der Waals surface area contributed by atoms with Gasteiger partial charge in [-0.05, 0) is 31.9 Å². The molecule has 1 aromatic rings. The number of aliphatic hydroxyl groups excluding tert-OH is 1. The molecule has 1 aromatic carbocycles. The third kappa shape index (κ3) is 3.28. The van der Waals surface area contributed by atoms with Gasteiger partial charge in [-0.2, -0.15) is 0 Å². The van der Waals surface area contributed by atoms with Crippen LogP contribution >= 0.6 is 0 Å². The summed E-state index contributed by atoms with van der Waals surface area (Å²) in [5.41, 5.74) is -0.282. The van der Waals surface area contributed by atoms with Crippen LogP contribution in [0.2, 0.25) is 0 Å². The number of rotatable bonds is 3. The van der Waals surface area contributed by atoms with Crippen LogP contribution in [0.4, 0.5) is 5.69 Å². The molecular weight excluding hydrogens is 378 g/mol. The van der Waals surface area contributed by atoms with Crippen molar-refractivity contribution in [3.8, 4) is 0 Å². The van der Waals surface area contributed by atoms with Crippen LogP contribution in [0.1, 0.15) is 39.0 Å². The highest BCUT2D eigenvalue weighted by Crippen LogP contribution is 2.38. The van der Waals surface area contributed by atoms with E-state index in [2.05, 4.69) is 10.2 Å². The second kappa shape index (κ2) is 7.16. The molecule has 0 radical (unpaired) electrons. The molecule has 1 saturated carbocycles. The third-order valence-electron chi connectivity index (χ3n) is 5.12. The molecule has 2 aliphatic heterocycles. The number of anilines is 1. The van der Waals surface area contributed by atoms with Gasteiger partial charge in [0.15, 0.2) is 5.70 Å². The quantitative estimate of drug-likeness (QED) is 0.475. The number of para-hydroxylation sites is 1. The maximum Gasteiger partial charge on any atom is 0.369 e. The Bertz CT molecular complexity index is 973. The van der Waals surface area contributed by atoms with Gasteiger partial charge >= 0.3 is 11.9 Å². The summed E-state index contributed by atoms with van der Waals surface area (Å²) in [5.74, 6) is -3.94. The van der Waals surface area contributed by atoms with Crippen LogP contribution in [0.5, 0.6) is 0 Å². The lowest BCUT2D eigenvalue weighted by atomic mass is 9.93. The maximum absolute atomic E-state index is 12.7. The molecule has 9 nitrogen and oxygen atoms in total. The zero-order valence-electron chi connectivity index (χ0n) is 15.8. The van der Waals surface area contributed by atoms with Crippen molar-refractivity contribution in [1.29, 1.82) is 0 Å². The van der Waals surface area contributed by atoms with Gasteiger partial charge in [-0.15, -0.1) is 10.2 Å². The topological polar surface area (TPSA) is 118 Å². The number of nitrogens with zero attached hydrogens (tertiary/aromatic N) is 3. The zero-order chi connectivity index (χ0) is 20.6. The highest BCUT2D eigenvalue weighted by atomic mass is 16.8. The Morgan fingerprint density at radius 3 is 2.24 bits per heavy atom. The Kier molecular flexibility index (Phi) is 4.65. The minimum Gasteiger partial charge on any atom is -0.479 e. The van der Waals surface area contributed by atoms with Gasteiger partial charge in [0.2, 0.25) is 0 Å². The number of aliphatic hydroxyl groups is 1. The summed E-state index contributed by atoms with van der Waals surface area (Å²) in [6.45, 7) is 1.44. The van der Waals surface area contributed by atoms with E-state index in [9.17, 15) is 19.5 Å². The van der Waals surface area contributed by atoms with Crippen molar-refractivity contribution in [3.63, 3.8) is 0 Å². The van der Waals surface area contributed by atoms with E-state index in [4.69, 9.17) is 9.47 Å². The Labute approximate surface area is 166 Å². The van der Waals surface area contributed by atoms with Crippen molar-refractivity contribution < 1.29 is 29.0 Å². The van der Waals surface area contributed by atoms with Gasteiger partial charge in [0, 0.05) is 18.4 Å². The fourth-order valence-electron chi connectivity index (χ4n) is 3.58. The second-order valence-corrected chi connectivity index (χ2v) is 7.07. The van der Waals surface area contributed by atoms with Crippen LogP contribution in [0.25, 0.3) is 0 Å². The summed E-state index contributed by atoms with van der Waals surface area (Å²) >= 11 is 0. The summed E-state index contributed by atoms with van der Waals surface area (Å²) in [6, 6.07) is 8.40. The largest absolute Gasteiger partial charge is 0.479 e. The number of carbonyl (C=O) groups is 3. The van der Waals surface area contributed by atoms with Crippen molar-refractivity contribution in [2.75, 3.05) is 4.90 Å². The fraction of sp³-hybridized carbons (Fsp3) is 0.350. The van der Waals surface area contributed by atoms with Gasteiger partial charge in [-0.25, -0.2) is 9.69 Å². The SMILES string of the molecule is CC1=C(N=NC2=C(O)OC3(CCCCC3)OC2=O)C(=O)N(c2ccccc2)C1=O. The highest BCUT2D eigenvalue weighted by molar-refractivity contribution is 6.32. The Morgan fingerprint density at radius 2 is 1.59 bits per heavy atom. The third-order valence-corrected chi connectivity index (χ3v) is 5.12. The van der Waals surface area contributed by atoms with E-state index in [0.717, 1.165) is 24.2 Å². The molecule has 1 N–H and O–H groups in total. The van der Waals surface area contributed by atoms with Gasteiger partial charge in [0.1, 0.15) is 0 Å². The molecule has 150 valence electrons. The summed E-state index contributed by atoms with van der Waals surface area (Å²) < 4.78 is 10.8. The molecule has 0 atom stereocenters. The van der Waals surface area contributed by atoms with E-state index < -0.39 is 35.2 Å². The molecule has 1 aliphatic carbocycles. The first-order valence-electron chi connectivity index (χ1n) is 9.34. The molecule has 9 heteroatoms. The van der Waals surface area contributed by atoms with Gasteiger partial charge < -0.3 is 14.6 Å². The summed E-state index contributed by atoms with van der Waals surface area (Å²) in [5, 5.41) is 17.6. The average Bonchev–Trinajstić information content (AvgIpc) is 2.91. The van der Waals surface area contributed by atoms with Crippen molar-refractivity contribution in [2.45, 2.75) is 44.8 Å². The predicted molar refractivity (Wildman–Crippen MR) is 99.1 cm³/mol. The number of ether oxygens (including phenoxy) is 2. The molecule has 0 unspecified atom stereocenters. The van der Waals surface area contributed by atoms with E-state index in [1.165, 1.54) is 6.92 Å². The lowest BCUT2D eigenvalue weighted by Gasteiger charge is -2.38. The number of carbonyl (C=O) groups excluding carboxylic acids is 3. The van der Waals surface area contributed by atoms with E-state index in [0.29, 0.717) is 18.5 Å². The van der Waals surface area contributed by atoms with Gasteiger partial charge in [-0.1, -0.05) is 24.6 Å². The molecule has 1 fully saturated rings. The molecule has 3 aliphatic rings. The van der Waals surface area contributed by atoms with Crippen LogP contribution in [-0.4, -0.2) is 28.7 Å². The van der Waals surface area contributed by atoms with Crippen LogP contribution < -0.4 is 4.90 Å². The smallest absolute Gasteiger partial charge is 0.369 e. The van der Waals surface area contributed by atoms with Crippen molar-refractivity contribution >= 4 is 23.5 Å². The van der Waals surface area contributed by atoms with Crippen molar-refractivity contribution in [2.24, 2.45) is 10.2 Å². The number of hydrogen-bond acceptors (Lipinski definition) is 8. The molecule has 29 heavy (non-hydrogen) atoms. The predicted octanol–water partition coefficient (Wildman–Crippen LogP) is 3.25. The van der Waals surface area contributed by atoms with E-state index in [1.807, 2.05) is 0 Å². The number of esters is 1. The van der Waals surface area contributed by atoms with E-state index in [1.54, 1.807) is 30.3 Å². The van der Waals surface area contributed by atoms with E-state index >= 15 is 0 Å². The molecule has 4 rings (SSSR count). The van der Waals surface area contributed by atoms with Gasteiger partial charge in [0.05, 0.1) is 5.69 Å². The lowest BCUT2D eigenvalue weighted by molar-refractivity contribution is -0.250. The Hall–Kier alpha value is -3.49. The normalized spacial score (nSPS) is 22.0. The van der Waals surface area contributed by atoms with Crippen LogP contribution in [-0.2, 0) is 23.9 Å². The number of benzene rings is 1. The average molecular weight is 397 g/mol. The number of azo groups is 1. The van der Waals surface area contributed by atoms with Crippen molar-refractivity contribution in [1.82, 2.24) is 0 Å². The minimum absolute atomic E-state index is 0.0801. The monoisotopic (exact) mass is 397 g/mol. The molecule has 2 amide bonds. The summed E-state index contributed by atoms with van der Waals surface area (Å²) in [6.07, 6.45) is 3.60. The summed E-state index contributed by atoms with van der Waals surface area (Å²) in [4.78, 5) is 38.5. The van der Waals surface area contributed by atoms with E-state index in [-0.39, 0.29) is 11.3 Å². The van der Waals surface area contributed by atoms with Crippen molar-refractivity contribution in [3.05, 3.63) is 53.2 Å². The molecule has 0 bridgehead atoms. The fourth-order valence-corrected chi connectivity index (χ4v) is 3.58. The number of imide groups is 1. The maximum atomic E-state index is 12.7. The second-order valence-electron chi connectivity index (χ2n) is 7.07. The lowest BCUT2D eigenvalue weighted by Crippen LogP contribution is -2.43. The van der Waals surface area contributed by atoms with Crippen LogP contribution in [0, 0.1) is 0 Å². The minimum atomic E-state index is -1.17. The summed E-state index contributed by atoms with van der Waals surface area (Å²) in [7, 11) is 0. The van der Waals surface area contributed by atoms with Gasteiger partial charge in [0.25, 0.3) is 23.3 Å². The highest BCUT2D eigenvalue weighted by Gasteiger charge is 2.45. The number of amides is 2. The molecule has 2 heterocycles. The number of hydrogen-bond donors (Lipinski definition) is 1. The molecule has 0 saturated heterocycles. The van der Waals surface area contributed by atoms with Crippen LogP contribution in [0.15, 0.2) is 63.5 Å². The molecular formula is C20H19N3O6. The molecule has 1 spiro atoms. The standard InChI is InChI=1S/C20H19N3O6/c1-12-14(17(25)23(16(12)24)13-8-4-2-5-9-13)21-22-15-18(26)28-20(29-19(15)27)10-6-3-7-11-20/h2,4-5,8-9,26H,3,6-7,10-11H2,1H3.